The van der Waals surface area contributed by atoms with Crippen LogP contribution in [-0.4, -0.2) is 21.5 Å². The van der Waals surface area contributed by atoms with Gasteiger partial charge in [-0.2, -0.15) is 4.98 Å². The van der Waals surface area contributed by atoms with Crippen molar-refractivity contribution in [1.29, 1.82) is 0 Å². The van der Waals surface area contributed by atoms with E-state index in [1.807, 2.05) is 18.3 Å². The average Bonchev–Trinajstić information content (AvgIpc) is 2.35. The fraction of sp³-hybridized carbons (Fsp3) is 0.182. The second kappa shape index (κ2) is 5.93. The summed E-state index contributed by atoms with van der Waals surface area (Å²) in [5, 5.41) is 3.43. The molecule has 2 aromatic rings. The van der Waals surface area contributed by atoms with Crippen LogP contribution in [0.5, 0.6) is 0 Å². The first-order chi connectivity index (χ1) is 8.25. The Kier molecular flexibility index (Phi) is 4.28. The third kappa shape index (κ3) is 3.64. The van der Waals surface area contributed by atoms with E-state index in [1.54, 1.807) is 12.4 Å². The third-order valence-electron chi connectivity index (χ3n) is 2.14. The highest BCUT2D eigenvalue weighted by Crippen LogP contribution is 2.19. The van der Waals surface area contributed by atoms with Crippen molar-refractivity contribution in [2.24, 2.45) is 0 Å². The molecule has 0 unspecified atom stereocenters. The molecule has 6 heteroatoms. The molecule has 2 rings (SSSR count). The third-order valence-corrected chi connectivity index (χ3v) is 2.91. The number of nitrogens with zero attached hydrogens (tertiary/aromatic N) is 3. The number of hydrogen-bond acceptors (Lipinski definition) is 4. The quantitative estimate of drug-likeness (QED) is 0.882. The number of aromatic nitrogens is 3. The molecular formula is C11H10BrClN4. The van der Waals surface area contributed by atoms with Crippen molar-refractivity contribution >= 4 is 33.3 Å². The number of nitrogens with one attached hydrogen (secondary N) is 1. The minimum Gasteiger partial charge on any atom is -0.369 e. The molecule has 1 N–H and O–H groups in total. The predicted molar refractivity (Wildman–Crippen MR) is 71.2 cm³/mol. The van der Waals surface area contributed by atoms with Crippen molar-refractivity contribution in [2.45, 2.75) is 6.42 Å². The standard InChI is InChI=1S/C11H10BrClN4/c12-9-7-16-11(13)17-10(9)15-5-3-8-2-1-4-14-6-8/h1-2,4,6-7H,3,5H2,(H,15,16,17). The lowest BCUT2D eigenvalue weighted by molar-refractivity contribution is 0.985. The summed E-state index contributed by atoms with van der Waals surface area (Å²) in [4.78, 5) is 12.0. The van der Waals surface area contributed by atoms with Crippen molar-refractivity contribution in [2.75, 3.05) is 11.9 Å². The molecule has 0 bridgehead atoms. The van der Waals surface area contributed by atoms with Gasteiger partial charge in [-0.1, -0.05) is 6.07 Å². The normalized spacial score (nSPS) is 10.2. The average molecular weight is 314 g/mol. The summed E-state index contributed by atoms with van der Waals surface area (Å²) < 4.78 is 0.799. The van der Waals surface area contributed by atoms with Gasteiger partial charge in [-0.25, -0.2) is 4.98 Å². The van der Waals surface area contributed by atoms with Gasteiger partial charge < -0.3 is 5.32 Å². The second-order valence-electron chi connectivity index (χ2n) is 3.37. The van der Waals surface area contributed by atoms with Gasteiger partial charge in [-0.15, -0.1) is 0 Å². The Hall–Kier alpha value is -1.20. The van der Waals surface area contributed by atoms with Gasteiger partial charge in [0.05, 0.1) is 4.47 Å². The fourth-order valence-corrected chi connectivity index (χ4v) is 1.81. The monoisotopic (exact) mass is 312 g/mol. The molecule has 0 aliphatic heterocycles. The van der Waals surface area contributed by atoms with Crippen LogP contribution in [0.2, 0.25) is 5.28 Å². The van der Waals surface area contributed by atoms with E-state index in [0.29, 0.717) is 5.82 Å². The largest absolute Gasteiger partial charge is 0.369 e. The van der Waals surface area contributed by atoms with E-state index < -0.39 is 0 Å². The highest BCUT2D eigenvalue weighted by molar-refractivity contribution is 9.10. The topological polar surface area (TPSA) is 50.7 Å². The lowest BCUT2D eigenvalue weighted by atomic mass is 10.2. The lowest BCUT2D eigenvalue weighted by Crippen LogP contribution is -2.07. The van der Waals surface area contributed by atoms with Crippen LogP contribution in [-0.2, 0) is 6.42 Å². The summed E-state index contributed by atoms with van der Waals surface area (Å²) in [7, 11) is 0. The molecule has 0 saturated carbocycles. The first kappa shape index (κ1) is 12.3. The molecule has 0 saturated heterocycles. The van der Waals surface area contributed by atoms with Gasteiger partial charge in [0.1, 0.15) is 5.82 Å². The van der Waals surface area contributed by atoms with E-state index in [2.05, 4.69) is 36.2 Å². The zero-order valence-corrected chi connectivity index (χ0v) is 11.2. The zero-order chi connectivity index (χ0) is 12.1. The summed E-state index contributed by atoms with van der Waals surface area (Å²) in [5.41, 5.74) is 1.18. The van der Waals surface area contributed by atoms with E-state index >= 15 is 0 Å². The smallest absolute Gasteiger partial charge is 0.224 e. The molecule has 0 aromatic carbocycles. The van der Waals surface area contributed by atoms with Crippen molar-refractivity contribution in [3.05, 3.63) is 46.0 Å². The van der Waals surface area contributed by atoms with E-state index in [4.69, 9.17) is 11.6 Å². The van der Waals surface area contributed by atoms with E-state index in [-0.39, 0.29) is 5.28 Å². The molecule has 4 nitrogen and oxygen atoms in total. The van der Waals surface area contributed by atoms with Gasteiger partial charge in [-0.3, -0.25) is 4.98 Å². The Labute approximate surface area is 113 Å². The van der Waals surface area contributed by atoms with Gasteiger partial charge in [0.15, 0.2) is 0 Å². The molecule has 0 atom stereocenters. The maximum absolute atomic E-state index is 5.72. The molecule has 88 valence electrons. The summed E-state index contributed by atoms with van der Waals surface area (Å²) in [6, 6.07) is 3.96. The van der Waals surface area contributed by atoms with Gasteiger partial charge in [0, 0.05) is 25.1 Å². The molecule has 2 aromatic heterocycles. The van der Waals surface area contributed by atoms with Gasteiger partial charge in [0.25, 0.3) is 0 Å². The summed E-state index contributed by atoms with van der Waals surface area (Å²) in [6.07, 6.45) is 6.12. The number of pyridine rings is 1. The molecule has 0 spiro atoms. The van der Waals surface area contributed by atoms with Crippen LogP contribution in [0.3, 0.4) is 0 Å². The van der Waals surface area contributed by atoms with Crippen LogP contribution in [0, 0.1) is 0 Å². The summed E-state index contributed by atoms with van der Waals surface area (Å²) in [5.74, 6) is 0.703. The Morgan fingerprint density at radius 3 is 3.00 bits per heavy atom. The van der Waals surface area contributed by atoms with Crippen LogP contribution >= 0.6 is 27.5 Å². The van der Waals surface area contributed by atoms with Crippen LogP contribution in [0.4, 0.5) is 5.82 Å². The maximum Gasteiger partial charge on any atom is 0.224 e. The molecule has 2 heterocycles. The van der Waals surface area contributed by atoms with Crippen LogP contribution < -0.4 is 5.32 Å². The zero-order valence-electron chi connectivity index (χ0n) is 8.90. The Bertz CT molecular complexity index is 492. The molecule has 0 amide bonds. The van der Waals surface area contributed by atoms with E-state index in [0.717, 1.165) is 17.4 Å². The van der Waals surface area contributed by atoms with Crippen LogP contribution in [0.15, 0.2) is 35.2 Å². The first-order valence-corrected chi connectivity index (χ1v) is 6.23. The summed E-state index contributed by atoms with van der Waals surface area (Å²) >= 11 is 9.08. The van der Waals surface area contributed by atoms with Crippen molar-refractivity contribution in [3.8, 4) is 0 Å². The molecule has 0 fully saturated rings. The number of hydrogen-bond donors (Lipinski definition) is 1. The SMILES string of the molecule is Clc1ncc(Br)c(NCCc2cccnc2)n1. The van der Waals surface area contributed by atoms with E-state index in [1.165, 1.54) is 5.56 Å². The Morgan fingerprint density at radius 2 is 2.24 bits per heavy atom. The molecule has 17 heavy (non-hydrogen) atoms. The first-order valence-electron chi connectivity index (χ1n) is 5.06. The van der Waals surface area contributed by atoms with Crippen LogP contribution in [0.1, 0.15) is 5.56 Å². The summed E-state index contributed by atoms with van der Waals surface area (Å²) in [6.45, 7) is 0.762. The minimum absolute atomic E-state index is 0.233. The van der Waals surface area contributed by atoms with Crippen molar-refractivity contribution in [3.63, 3.8) is 0 Å². The van der Waals surface area contributed by atoms with Gasteiger partial charge in [-0.05, 0) is 45.6 Å². The number of anilines is 1. The van der Waals surface area contributed by atoms with Crippen molar-refractivity contribution in [1.82, 2.24) is 15.0 Å². The van der Waals surface area contributed by atoms with Gasteiger partial charge >= 0.3 is 0 Å². The predicted octanol–water partition coefficient (Wildman–Crippen LogP) is 2.94. The molecule has 0 radical (unpaired) electrons. The molecular weight excluding hydrogens is 304 g/mol. The number of halogens is 2. The Morgan fingerprint density at radius 1 is 1.35 bits per heavy atom. The highest BCUT2D eigenvalue weighted by Gasteiger charge is 2.02. The lowest BCUT2D eigenvalue weighted by Gasteiger charge is -2.07. The van der Waals surface area contributed by atoms with Crippen LogP contribution in [0.25, 0.3) is 0 Å². The fourth-order valence-electron chi connectivity index (χ4n) is 1.34. The van der Waals surface area contributed by atoms with Crippen molar-refractivity contribution < 1.29 is 0 Å². The molecule has 0 aliphatic rings. The number of rotatable bonds is 4. The second-order valence-corrected chi connectivity index (χ2v) is 4.57. The maximum atomic E-state index is 5.72. The molecule has 0 aliphatic carbocycles. The highest BCUT2D eigenvalue weighted by atomic mass is 79.9. The van der Waals surface area contributed by atoms with E-state index in [9.17, 15) is 0 Å². The van der Waals surface area contributed by atoms with Gasteiger partial charge in [0.2, 0.25) is 5.28 Å². The Balaban J connectivity index is 1.92. The minimum atomic E-state index is 0.233.